The van der Waals surface area contributed by atoms with Gasteiger partial charge in [0.15, 0.2) is 5.58 Å². The number of carbonyl (C=O) groups excluding carboxylic acids is 1. The van der Waals surface area contributed by atoms with E-state index in [1.165, 1.54) is 6.33 Å². The highest BCUT2D eigenvalue weighted by Crippen LogP contribution is 2.22. The maximum absolute atomic E-state index is 12.5. The number of amides is 1. The maximum atomic E-state index is 12.5. The third-order valence-corrected chi connectivity index (χ3v) is 4.14. The molecule has 0 atom stereocenters. The van der Waals surface area contributed by atoms with E-state index >= 15 is 0 Å². The number of hydrogen-bond acceptors (Lipinski definition) is 6. The molecular weight excluding hydrogens is 306 g/mol. The second-order valence-corrected chi connectivity index (χ2v) is 5.69. The van der Waals surface area contributed by atoms with Gasteiger partial charge >= 0.3 is 0 Å². The van der Waals surface area contributed by atoms with E-state index in [0.29, 0.717) is 31.3 Å². The summed E-state index contributed by atoms with van der Waals surface area (Å²) in [6, 6.07) is 9.99. The lowest BCUT2D eigenvalue weighted by atomic mass is 10.3. The molecule has 2 aromatic heterocycles. The third-order valence-electron chi connectivity index (χ3n) is 4.14. The highest BCUT2D eigenvalue weighted by atomic mass is 16.4. The Morgan fingerprint density at radius 3 is 2.83 bits per heavy atom. The van der Waals surface area contributed by atoms with Crippen LogP contribution in [0.1, 0.15) is 16.9 Å². The number of aromatic nitrogens is 3. The fourth-order valence-electron chi connectivity index (χ4n) is 2.89. The highest BCUT2D eigenvalue weighted by Gasteiger charge is 2.23. The van der Waals surface area contributed by atoms with E-state index < -0.39 is 0 Å². The van der Waals surface area contributed by atoms with Crippen molar-refractivity contribution in [2.45, 2.75) is 6.42 Å². The quantitative estimate of drug-likeness (QED) is 0.718. The number of oxazole rings is 1. The predicted molar refractivity (Wildman–Crippen MR) is 88.8 cm³/mol. The zero-order chi connectivity index (χ0) is 16.4. The summed E-state index contributed by atoms with van der Waals surface area (Å²) in [5.74, 6) is -0.0585. The van der Waals surface area contributed by atoms with Crippen molar-refractivity contribution in [2.75, 3.05) is 31.1 Å². The molecule has 0 bridgehead atoms. The summed E-state index contributed by atoms with van der Waals surface area (Å²) in [6.45, 7) is 2.80. The van der Waals surface area contributed by atoms with Crippen molar-refractivity contribution in [2.24, 2.45) is 0 Å². The third kappa shape index (κ3) is 2.80. The van der Waals surface area contributed by atoms with E-state index in [9.17, 15) is 4.79 Å². The summed E-state index contributed by atoms with van der Waals surface area (Å²) < 4.78 is 5.83. The Morgan fingerprint density at radius 2 is 2.00 bits per heavy atom. The van der Waals surface area contributed by atoms with Gasteiger partial charge in [-0.25, -0.2) is 9.97 Å². The highest BCUT2D eigenvalue weighted by molar-refractivity contribution is 5.92. The molecule has 7 heteroatoms. The molecule has 0 saturated carbocycles. The van der Waals surface area contributed by atoms with Crippen LogP contribution in [0.15, 0.2) is 47.3 Å². The Hall–Kier alpha value is -2.96. The summed E-state index contributed by atoms with van der Waals surface area (Å²) >= 11 is 0. The van der Waals surface area contributed by atoms with E-state index in [0.717, 1.165) is 24.1 Å². The summed E-state index contributed by atoms with van der Waals surface area (Å²) in [7, 11) is 0. The van der Waals surface area contributed by atoms with Gasteiger partial charge in [-0.15, -0.1) is 0 Å². The first kappa shape index (κ1) is 14.6. The van der Waals surface area contributed by atoms with Gasteiger partial charge in [0.2, 0.25) is 0 Å². The van der Waals surface area contributed by atoms with Gasteiger partial charge in [-0.05, 0) is 24.6 Å². The second-order valence-electron chi connectivity index (χ2n) is 5.69. The average molecular weight is 323 g/mol. The van der Waals surface area contributed by atoms with Crippen molar-refractivity contribution in [3.8, 4) is 0 Å². The number of rotatable bonds is 2. The monoisotopic (exact) mass is 323 g/mol. The van der Waals surface area contributed by atoms with Crippen molar-refractivity contribution >= 4 is 23.0 Å². The standard InChI is InChI=1S/C17H17N5O2/c23-16(14-6-7-18-12-19-14)21-8-3-9-22(11-10-21)17-20-13-4-1-2-5-15(13)24-17/h1-2,4-7,12H,3,8-11H2. The molecule has 0 N–H and O–H groups in total. The fourth-order valence-corrected chi connectivity index (χ4v) is 2.89. The summed E-state index contributed by atoms with van der Waals surface area (Å²) in [6.07, 6.45) is 3.84. The Bertz CT molecular complexity index is 815. The number of hydrogen-bond donors (Lipinski definition) is 0. The van der Waals surface area contributed by atoms with Crippen LogP contribution in [0, 0.1) is 0 Å². The number of benzene rings is 1. The van der Waals surface area contributed by atoms with Gasteiger partial charge in [0, 0.05) is 32.4 Å². The van der Waals surface area contributed by atoms with Crippen molar-refractivity contribution in [3.05, 3.63) is 48.5 Å². The minimum atomic E-state index is -0.0585. The lowest BCUT2D eigenvalue weighted by Gasteiger charge is -2.20. The minimum Gasteiger partial charge on any atom is -0.423 e. The van der Waals surface area contributed by atoms with E-state index in [4.69, 9.17) is 4.42 Å². The Morgan fingerprint density at radius 1 is 1.08 bits per heavy atom. The normalized spacial score (nSPS) is 15.5. The van der Waals surface area contributed by atoms with E-state index in [1.54, 1.807) is 12.3 Å². The van der Waals surface area contributed by atoms with Gasteiger partial charge in [-0.2, -0.15) is 4.98 Å². The molecule has 1 aliphatic heterocycles. The summed E-state index contributed by atoms with van der Waals surface area (Å²) in [4.78, 5) is 28.9. The largest absolute Gasteiger partial charge is 0.423 e. The Kier molecular flexibility index (Phi) is 3.82. The number of fused-ring (bicyclic) bond motifs is 1. The van der Waals surface area contributed by atoms with Crippen LogP contribution in [0.2, 0.25) is 0 Å². The van der Waals surface area contributed by atoms with Gasteiger partial charge < -0.3 is 14.2 Å². The zero-order valence-electron chi connectivity index (χ0n) is 13.1. The van der Waals surface area contributed by atoms with Crippen LogP contribution >= 0.6 is 0 Å². The molecule has 1 amide bonds. The van der Waals surface area contributed by atoms with Gasteiger partial charge in [0.25, 0.3) is 11.9 Å². The topological polar surface area (TPSA) is 75.4 Å². The zero-order valence-corrected chi connectivity index (χ0v) is 13.1. The number of para-hydroxylation sites is 2. The van der Waals surface area contributed by atoms with Crippen LogP contribution in [-0.4, -0.2) is 51.9 Å². The summed E-state index contributed by atoms with van der Waals surface area (Å²) in [5.41, 5.74) is 2.07. The van der Waals surface area contributed by atoms with Crippen LogP contribution in [-0.2, 0) is 0 Å². The van der Waals surface area contributed by atoms with Crippen molar-refractivity contribution in [1.82, 2.24) is 19.9 Å². The first-order valence-corrected chi connectivity index (χ1v) is 7.97. The molecule has 1 saturated heterocycles. The molecule has 1 fully saturated rings. The lowest BCUT2D eigenvalue weighted by Crippen LogP contribution is -2.35. The molecule has 0 aliphatic carbocycles. The predicted octanol–water partition coefficient (Wildman–Crippen LogP) is 1.97. The van der Waals surface area contributed by atoms with Crippen LogP contribution < -0.4 is 4.90 Å². The molecule has 0 spiro atoms. The second kappa shape index (κ2) is 6.27. The molecule has 122 valence electrons. The van der Waals surface area contributed by atoms with Gasteiger partial charge in [-0.1, -0.05) is 12.1 Å². The van der Waals surface area contributed by atoms with Crippen LogP contribution in [0.3, 0.4) is 0 Å². The molecule has 0 radical (unpaired) electrons. The smallest absolute Gasteiger partial charge is 0.298 e. The van der Waals surface area contributed by atoms with Crippen LogP contribution in [0.4, 0.5) is 6.01 Å². The molecular formula is C17H17N5O2. The first-order chi connectivity index (χ1) is 11.8. The van der Waals surface area contributed by atoms with Crippen molar-refractivity contribution in [1.29, 1.82) is 0 Å². The van der Waals surface area contributed by atoms with Gasteiger partial charge in [0.1, 0.15) is 17.5 Å². The van der Waals surface area contributed by atoms with Crippen LogP contribution in [0.25, 0.3) is 11.1 Å². The fraction of sp³-hybridized carbons (Fsp3) is 0.294. The Labute approximate surface area is 138 Å². The number of anilines is 1. The average Bonchev–Trinajstić information content (AvgIpc) is 2.91. The van der Waals surface area contributed by atoms with Gasteiger partial charge in [-0.3, -0.25) is 4.79 Å². The minimum absolute atomic E-state index is 0.0585. The van der Waals surface area contributed by atoms with Crippen molar-refractivity contribution in [3.63, 3.8) is 0 Å². The van der Waals surface area contributed by atoms with Gasteiger partial charge in [0.05, 0.1) is 0 Å². The van der Waals surface area contributed by atoms with Crippen LogP contribution in [0.5, 0.6) is 0 Å². The molecule has 3 heterocycles. The lowest BCUT2D eigenvalue weighted by molar-refractivity contribution is 0.0761. The molecule has 1 aliphatic rings. The molecule has 24 heavy (non-hydrogen) atoms. The van der Waals surface area contributed by atoms with E-state index in [1.807, 2.05) is 29.2 Å². The molecule has 3 aromatic rings. The number of nitrogens with zero attached hydrogens (tertiary/aromatic N) is 5. The molecule has 0 unspecified atom stereocenters. The summed E-state index contributed by atoms with van der Waals surface area (Å²) in [5, 5.41) is 0. The number of carbonyl (C=O) groups is 1. The SMILES string of the molecule is O=C(c1ccncn1)N1CCCN(c2nc3ccccc3o2)CC1. The van der Waals surface area contributed by atoms with E-state index in [2.05, 4.69) is 19.9 Å². The molecule has 7 nitrogen and oxygen atoms in total. The maximum Gasteiger partial charge on any atom is 0.298 e. The van der Waals surface area contributed by atoms with Crippen molar-refractivity contribution < 1.29 is 9.21 Å². The molecule has 4 rings (SSSR count). The molecule has 1 aromatic carbocycles. The van der Waals surface area contributed by atoms with E-state index in [-0.39, 0.29) is 5.91 Å². The Balaban J connectivity index is 1.49. The first-order valence-electron chi connectivity index (χ1n) is 7.97.